The minimum absolute atomic E-state index is 0.0517. The number of thiophene rings is 1. The number of nitrogens with one attached hydrogen (secondary N) is 3. The number of aromatic nitrogens is 4. The van der Waals surface area contributed by atoms with Gasteiger partial charge in [0.15, 0.2) is 0 Å². The monoisotopic (exact) mass is 508 g/mol. The van der Waals surface area contributed by atoms with Crippen molar-refractivity contribution < 1.29 is 9.53 Å². The van der Waals surface area contributed by atoms with Gasteiger partial charge < -0.3 is 25.6 Å². The maximum absolute atomic E-state index is 13.0. The highest BCUT2D eigenvalue weighted by Gasteiger charge is 2.41. The van der Waals surface area contributed by atoms with Crippen LogP contribution < -0.4 is 20.7 Å². The number of benzene rings is 1. The first-order valence-electron chi connectivity index (χ1n) is 11.4. The van der Waals surface area contributed by atoms with Crippen molar-refractivity contribution in [2.75, 3.05) is 38.5 Å². The van der Waals surface area contributed by atoms with Crippen molar-refractivity contribution in [2.24, 2.45) is 0 Å². The molecular formula is C23H21ClN8O2S. The molecule has 1 saturated heterocycles. The number of nitrogens with zero attached hydrogens (tertiary/aromatic N) is 5. The van der Waals surface area contributed by atoms with Crippen molar-refractivity contribution in [2.45, 2.75) is 18.5 Å². The fraction of sp³-hybridized carbons (Fsp3) is 0.348. The zero-order chi connectivity index (χ0) is 23.7. The second-order valence-corrected chi connectivity index (χ2v) is 10.7. The number of fused-ring (bicyclic) bond motifs is 6. The number of rotatable bonds is 2. The van der Waals surface area contributed by atoms with Gasteiger partial charge in [0.05, 0.1) is 39.7 Å². The molecule has 3 aliphatic rings. The zero-order valence-electron chi connectivity index (χ0n) is 18.8. The van der Waals surface area contributed by atoms with Gasteiger partial charge in [-0.2, -0.15) is 4.98 Å². The predicted molar refractivity (Wildman–Crippen MR) is 134 cm³/mol. The van der Waals surface area contributed by atoms with Crippen molar-refractivity contribution >= 4 is 55.7 Å². The van der Waals surface area contributed by atoms with E-state index in [1.165, 1.54) is 11.3 Å². The van der Waals surface area contributed by atoms with Crippen LogP contribution in [0.15, 0.2) is 18.3 Å². The third-order valence-corrected chi connectivity index (χ3v) is 8.17. The summed E-state index contributed by atoms with van der Waals surface area (Å²) in [5.74, 6) is 0.682. The zero-order valence-corrected chi connectivity index (χ0v) is 20.4. The molecule has 1 spiro atoms. The number of likely N-dealkylation sites (N-methyl/N-ethyl adjacent to an activating group) is 1. The van der Waals surface area contributed by atoms with Crippen LogP contribution in [-0.2, 0) is 13.0 Å². The molecule has 3 aliphatic heterocycles. The molecular weight excluding hydrogens is 488 g/mol. The van der Waals surface area contributed by atoms with Crippen molar-refractivity contribution in [1.82, 2.24) is 35.5 Å². The topological polar surface area (TPSA) is 117 Å². The summed E-state index contributed by atoms with van der Waals surface area (Å²) in [4.78, 5) is 34.0. The minimum Gasteiger partial charge on any atom is -0.418 e. The first-order chi connectivity index (χ1) is 17.0. The number of ether oxygens (including phenoxy) is 1. The van der Waals surface area contributed by atoms with E-state index in [0.29, 0.717) is 35.2 Å². The van der Waals surface area contributed by atoms with Crippen LogP contribution in [0.2, 0.25) is 5.28 Å². The molecule has 0 aliphatic carbocycles. The lowest BCUT2D eigenvalue weighted by Crippen LogP contribution is -2.71. The van der Waals surface area contributed by atoms with Crippen molar-refractivity contribution in [3.8, 4) is 11.8 Å². The Kier molecular flexibility index (Phi) is 4.65. The molecule has 7 rings (SSSR count). The van der Waals surface area contributed by atoms with Crippen LogP contribution in [0.25, 0.3) is 21.1 Å². The predicted octanol–water partition coefficient (Wildman–Crippen LogP) is 2.57. The molecule has 0 bridgehead atoms. The van der Waals surface area contributed by atoms with E-state index in [0.717, 1.165) is 58.6 Å². The molecule has 0 radical (unpaired) electrons. The van der Waals surface area contributed by atoms with Gasteiger partial charge in [-0.15, -0.1) is 11.3 Å². The Hall–Kier alpha value is -3.12. The maximum atomic E-state index is 13.0. The van der Waals surface area contributed by atoms with Gasteiger partial charge in [-0.1, -0.05) is 0 Å². The van der Waals surface area contributed by atoms with Crippen LogP contribution in [-0.4, -0.2) is 69.5 Å². The van der Waals surface area contributed by atoms with Crippen LogP contribution in [0.4, 0.5) is 5.69 Å². The van der Waals surface area contributed by atoms with Gasteiger partial charge in [-0.25, -0.2) is 15.0 Å². The molecule has 0 atom stereocenters. The Labute approximate surface area is 209 Å². The number of anilines is 1. The van der Waals surface area contributed by atoms with Crippen molar-refractivity contribution in [1.29, 1.82) is 0 Å². The fourth-order valence-corrected chi connectivity index (χ4v) is 6.20. The van der Waals surface area contributed by atoms with Gasteiger partial charge in [-0.3, -0.25) is 4.79 Å². The summed E-state index contributed by atoms with van der Waals surface area (Å²) in [7, 11) is 2.05. The Morgan fingerprint density at radius 2 is 2.09 bits per heavy atom. The highest BCUT2D eigenvalue weighted by atomic mass is 35.5. The third-order valence-electron chi connectivity index (χ3n) is 6.84. The van der Waals surface area contributed by atoms with E-state index < -0.39 is 0 Å². The van der Waals surface area contributed by atoms with Gasteiger partial charge in [-0.05, 0) is 30.8 Å². The number of amides is 1. The Bertz CT molecular complexity index is 1540. The van der Waals surface area contributed by atoms with Gasteiger partial charge in [0.2, 0.25) is 17.0 Å². The summed E-state index contributed by atoms with van der Waals surface area (Å²) in [6, 6.07) is 3.88. The summed E-state index contributed by atoms with van der Waals surface area (Å²) in [5.41, 5.74) is 3.79. The highest BCUT2D eigenvalue weighted by molar-refractivity contribution is 7.21. The summed E-state index contributed by atoms with van der Waals surface area (Å²) in [5, 5.41) is 11.0. The van der Waals surface area contributed by atoms with Crippen LogP contribution in [0.1, 0.15) is 20.9 Å². The quantitative estimate of drug-likeness (QED) is 0.351. The molecule has 35 heavy (non-hydrogen) atoms. The molecule has 178 valence electrons. The fourth-order valence-electron chi connectivity index (χ4n) is 4.94. The Balaban J connectivity index is 1.29. The van der Waals surface area contributed by atoms with Crippen molar-refractivity contribution in [3.05, 3.63) is 39.7 Å². The van der Waals surface area contributed by atoms with E-state index in [1.54, 1.807) is 6.20 Å². The first-order valence-corrected chi connectivity index (χ1v) is 12.6. The summed E-state index contributed by atoms with van der Waals surface area (Å²) >= 11 is 7.63. The molecule has 0 saturated carbocycles. The summed E-state index contributed by atoms with van der Waals surface area (Å²) in [6.07, 6.45) is 2.38. The number of halogens is 1. The summed E-state index contributed by atoms with van der Waals surface area (Å²) in [6.45, 7) is 3.75. The largest absolute Gasteiger partial charge is 0.418 e. The molecule has 1 amide bonds. The highest BCUT2D eigenvalue weighted by Crippen LogP contribution is 2.41. The van der Waals surface area contributed by atoms with Gasteiger partial charge in [0.25, 0.3) is 5.91 Å². The number of carbonyl (C=O) groups excluding carboxylic acids is 1. The van der Waals surface area contributed by atoms with E-state index in [2.05, 4.69) is 30.8 Å². The molecule has 4 aromatic rings. The normalized spacial score (nSPS) is 19.0. The third kappa shape index (κ3) is 3.41. The molecule has 10 nitrogen and oxygen atoms in total. The SMILES string of the molecule is CN1CCc2nc(Cl)nc(Oc3cnc4c(ccc5sc6c(c54)NCC4(CNC4)NC6=O)n3)c2C1. The van der Waals surface area contributed by atoms with Crippen LogP contribution in [0.5, 0.6) is 11.8 Å². The molecule has 3 aromatic heterocycles. The van der Waals surface area contributed by atoms with Crippen LogP contribution in [0, 0.1) is 0 Å². The molecule has 12 heteroatoms. The number of carbonyl (C=O) groups is 1. The summed E-state index contributed by atoms with van der Waals surface area (Å²) < 4.78 is 7.07. The van der Waals surface area contributed by atoms with Gasteiger partial charge >= 0.3 is 0 Å². The number of hydrogen-bond donors (Lipinski definition) is 3. The van der Waals surface area contributed by atoms with Gasteiger partial charge in [0, 0.05) is 49.2 Å². The van der Waals surface area contributed by atoms with Crippen molar-refractivity contribution in [3.63, 3.8) is 0 Å². The van der Waals surface area contributed by atoms with E-state index in [4.69, 9.17) is 26.3 Å². The van der Waals surface area contributed by atoms with E-state index in [-0.39, 0.29) is 16.7 Å². The second-order valence-electron chi connectivity index (χ2n) is 9.33. The van der Waals surface area contributed by atoms with Gasteiger partial charge in [0.1, 0.15) is 4.88 Å². The first kappa shape index (κ1) is 21.2. The smallest absolute Gasteiger partial charge is 0.264 e. The lowest BCUT2D eigenvalue weighted by molar-refractivity contribution is 0.0877. The maximum Gasteiger partial charge on any atom is 0.264 e. The molecule has 6 heterocycles. The molecule has 1 fully saturated rings. The van der Waals surface area contributed by atoms with E-state index in [9.17, 15) is 4.79 Å². The molecule has 3 N–H and O–H groups in total. The second kappa shape index (κ2) is 7.69. The Morgan fingerprint density at radius 3 is 2.91 bits per heavy atom. The average molecular weight is 509 g/mol. The van der Waals surface area contributed by atoms with Crippen LogP contribution >= 0.6 is 22.9 Å². The molecule has 1 aromatic carbocycles. The number of hydrogen-bond acceptors (Lipinski definition) is 10. The molecule has 0 unspecified atom stereocenters. The standard InChI is InChI=1S/C23H21ClN8O2S/c1-32-5-4-12-11(7-32)21(30-22(24)29-12)34-15-6-26-17-13(28-15)2-3-14-16(17)18-19(35-14)20(33)31-23(10-27-18)8-25-9-23/h2-3,6,25,27H,4-5,7-10H2,1H3,(H,31,33). The lowest BCUT2D eigenvalue weighted by Gasteiger charge is -2.42. The lowest BCUT2D eigenvalue weighted by atomic mass is 9.92. The van der Waals surface area contributed by atoms with E-state index >= 15 is 0 Å². The van der Waals surface area contributed by atoms with E-state index in [1.807, 2.05) is 19.2 Å². The van der Waals surface area contributed by atoms with Crippen LogP contribution in [0.3, 0.4) is 0 Å². The minimum atomic E-state index is -0.245. The Morgan fingerprint density at radius 1 is 1.20 bits per heavy atom. The average Bonchev–Trinajstić information content (AvgIpc) is 3.13.